The summed E-state index contributed by atoms with van der Waals surface area (Å²) in [6.07, 6.45) is 1.08. The van der Waals surface area contributed by atoms with Gasteiger partial charge in [0, 0.05) is 0 Å². The van der Waals surface area contributed by atoms with E-state index in [1.165, 1.54) is 5.57 Å². The SMILES string of the molecule is CC(C)C1=C=[O+]CC1. The van der Waals surface area contributed by atoms with E-state index in [0.717, 1.165) is 13.0 Å². The highest BCUT2D eigenvalue weighted by Crippen LogP contribution is 2.11. The van der Waals surface area contributed by atoms with Crippen molar-refractivity contribution in [2.24, 2.45) is 5.92 Å². The summed E-state index contributed by atoms with van der Waals surface area (Å²) in [5, 5.41) is 0. The summed E-state index contributed by atoms with van der Waals surface area (Å²) in [5.41, 5.74) is 1.32. The van der Waals surface area contributed by atoms with E-state index in [-0.39, 0.29) is 0 Å². The van der Waals surface area contributed by atoms with Crippen LogP contribution in [0.2, 0.25) is 0 Å². The Labute approximate surface area is 49.7 Å². The zero-order valence-electron chi connectivity index (χ0n) is 5.40. The predicted molar refractivity (Wildman–Crippen MR) is 33.5 cm³/mol. The van der Waals surface area contributed by atoms with Crippen LogP contribution in [0.3, 0.4) is 0 Å². The zero-order valence-corrected chi connectivity index (χ0v) is 5.40. The summed E-state index contributed by atoms with van der Waals surface area (Å²) >= 11 is 0. The molecule has 1 heterocycles. The molecule has 0 aromatic heterocycles. The summed E-state index contributed by atoms with van der Waals surface area (Å²) in [6, 6.07) is 0. The van der Waals surface area contributed by atoms with Crippen molar-refractivity contribution < 1.29 is 4.42 Å². The lowest BCUT2D eigenvalue weighted by Gasteiger charge is -1.94. The molecular formula is C7H11O+. The van der Waals surface area contributed by atoms with Crippen molar-refractivity contribution >= 4 is 5.94 Å². The minimum Gasteiger partial charge on any atom is -0.204 e. The quantitative estimate of drug-likeness (QED) is 0.357. The Bertz CT molecular complexity index is 138. The summed E-state index contributed by atoms with van der Waals surface area (Å²) in [5.74, 6) is 3.50. The highest BCUT2D eigenvalue weighted by atomic mass is 16.4. The summed E-state index contributed by atoms with van der Waals surface area (Å²) in [7, 11) is 0. The second-order valence-electron chi connectivity index (χ2n) is 2.38. The van der Waals surface area contributed by atoms with Crippen molar-refractivity contribution in [2.45, 2.75) is 20.3 Å². The maximum Gasteiger partial charge on any atom is 0.344 e. The first-order valence-electron chi connectivity index (χ1n) is 3.04. The Morgan fingerprint density at radius 1 is 1.62 bits per heavy atom. The predicted octanol–water partition coefficient (Wildman–Crippen LogP) is 1.34. The third-order valence-corrected chi connectivity index (χ3v) is 1.37. The van der Waals surface area contributed by atoms with E-state index in [1.54, 1.807) is 0 Å². The maximum absolute atomic E-state index is 4.93. The van der Waals surface area contributed by atoms with Gasteiger partial charge in [-0.2, -0.15) is 0 Å². The Kier molecular flexibility index (Phi) is 1.50. The van der Waals surface area contributed by atoms with Crippen molar-refractivity contribution in [1.29, 1.82) is 0 Å². The molecule has 1 nitrogen and oxygen atoms in total. The van der Waals surface area contributed by atoms with Crippen molar-refractivity contribution in [3.05, 3.63) is 5.57 Å². The molecule has 0 aliphatic carbocycles. The molecule has 44 valence electrons. The molecule has 0 radical (unpaired) electrons. The second-order valence-corrected chi connectivity index (χ2v) is 2.38. The van der Waals surface area contributed by atoms with Crippen molar-refractivity contribution in [1.82, 2.24) is 0 Å². The van der Waals surface area contributed by atoms with Crippen molar-refractivity contribution in [2.75, 3.05) is 6.61 Å². The maximum atomic E-state index is 4.93. The van der Waals surface area contributed by atoms with Gasteiger partial charge in [-0.05, 0) is 5.92 Å². The van der Waals surface area contributed by atoms with Crippen LogP contribution in [-0.2, 0) is 4.42 Å². The number of rotatable bonds is 1. The number of hydrogen-bond donors (Lipinski definition) is 0. The van der Waals surface area contributed by atoms with Gasteiger partial charge in [0.25, 0.3) is 6.61 Å². The van der Waals surface area contributed by atoms with Crippen LogP contribution in [0.25, 0.3) is 0 Å². The van der Waals surface area contributed by atoms with Crippen LogP contribution in [0.4, 0.5) is 0 Å². The Hall–Kier alpha value is -0.550. The smallest absolute Gasteiger partial charge is 0.204 e. The lowest BCUT2D eigenvalue weighted by Crippen LogP contribution is -1.91. The van der Waals surface area contributed by atoms with Crippen molar-refractivity contribution in [3.63, 3.8) is 0 Å². The Balaban J connectivity index is 2.60. The average molecular weight is 111 g/mol. The molecule has 1 aliphatic heterocycles. The summed E-state index contributed by atoms with van der Waals surface area (Å²) in [4.78, 5) is 0. The minimum atomic E-state index is 0.623. The van der Waals surface area contributed by atoms with Gasteiger partial charge in [0.05, 0.1) is 12.0 Å². The fourth-order valence-electron chi connectivity index (χ4n) is 0.762. The molecule has 0 spiro atoms. The zero-order chi connectivity index (χ0) is 5.98. The first-order valence-corrected chi connectivity index (χ1v) is 3.04. The van der Waals surface area contributed by atoms with Crippen LogP contribution in [0.1, 0.15) is 20.3 Å². The van der Waals surface area contributed by atoms with E-state index < -0.39 is 0 Å². The van der Waals surface area contributed by atoms with Crippen molar-refractivity contribution in [3.8, 4) is 0 Å². The molecule has 0 unspecified atom stereocenters. The molecule has 1 heteroatoms. The lowest BCUT2D eigenvalue weighted by molar-refractivity contribution is 0.127. The standard InChI is InChI=1S/C7H11O/c1-6(2)7-3-4-8-5-7/h6H,3-4H2,1-2H3/q+1. The van der Waals surface area contributed by atoms with Gasteiger partial charge in [0.2, 0.25) is 0 Å². The van der Waals surface area contributed by atoms with Gasteiger partial charge < -0.3 is 0 Å². The summed E-state index contributed by atoms with van der Waals surface area (Å²) in [6.45, 7) is 5.17. The largest absolute Gasteiger partial charge is 0.344 e. The van der Waals surface area contributed by atoms with Gasteiger partial charge >= 0.3 is 5.94 Å². The molecule has 0 aromatic rings. The highest BCUT2D eigenvalue weighted by molar-refractivity contribution is 5.55. The molecule has 0 atom stereocenters. The third kappa shape index (κ3) is 0.988. The Morgan fingerprint density at radius 3 is 2.62 bits per heavy atom. The molecular weight excluding hydrogens is 100 g/mol. The fraction of sp³-hybridized carbons (Fsp3) is 0.714. The minimum absolute atomic E-state index is 0.623. The topological polar surface area (TPSA) is 11.3 Å². The van der Waals surface area contributed by atoms with Crippen LogP contribution in [0.15, 0.2) is 5.57 Å². The molecule has 1 rings (SSSR count). The van der Waals surface area contributed by atoms with Gasteiger partial charge in [-0.25, -0.2) is 4.42 Å². The Morgan fingerprint density at radius 2 is 2.38 bits per heavy atom. The second kappa shape index (κ2) is 2.15. The monoisotopic (exact) mass is 111 g/mol. The number of carbonyl (C=O) groups excluding carboxylic acids is 1. The van der Waals surface area contributed by atoms with Gasteiger partial charge in [-0.15, -0.1) is 0 Å². The van der Waals surface area contributed by atoms with E-state index in [2.05, 4.69) is 19.8 Å². The highest BCUT2D eigenvalue weighted by Gasteiger charge is 2.14. The molecule has 1 aliphatic rings. The first-order chi connectivity index (χ1) is 3.80. The molecule has 0 amide bonds. The van der Waals surface area contributed by atoms with E-state index >= 15 is 0 Å². The fourth-order valence-corrected chi connectivity index (χ4v) is 0.762. The van der Waals surface area contributed by atoms with Gasteiger partial charge in [-0.1, -0.05) is 13.8 Å². The van der Waals surface area contributed by atoms with Gasteiger partial charge in [-0.3, -0.25) is 0 Å². The van der Waals surface area contributed by atoms with E-state index in [0.29, 0.717) is 5.92 Å². The molecule has 0 aromatic carbocycles. The lowest BCUT2D eigenvalue weighted by atomic mass is 10.0. The molecule has 8 heavy (non-hydrogen) atoms. The molecule has 0 bridgehead atoms. The molecule has 0 saturated carbocycles. The van der Waals surface area contributed by atoms with Crippen LogP contribution in [-0.4, -0.2) is 12.5 Å². The van der Waals surface area contributed by atoms with E-state index in [4.69, 9.17) is 4.42 Å². The van der Waals surface area contributed by atoms with Crippen LogP contribution < -0.4 is 0 Å². The normalized spacial score (nSPS) is 17.6. The van der Waals surface area contributed by atoms with Crippen LogP contribution >= 0.6 is 0 Å². The molecule has 0 N–H and O–H groups in total. The average Bonchev–Trinajstić information content (AvgIpc) is 2.12. The van der Waals surface area contributed by atoms with Gasteiger partial charge in [0.1, 0.15) is 0 Å². The third-order valence-electron chi connectivity index (χ3n) is 1.37. The number of hydrogen-bond acceptors (Lipinski definition) is 0. The van der Waals surface area contributed by atoms with Gasteiger partial charge in [0.15, 0.2) is 0 Å². The summed E-state index contributed by atoms with van der Waals surface area (Å²) < 4.78 is 4.93. The first kappa shape index (κ1) is 5.58. The van der Waals surface area contributed by atoms with Crippen LogP contribution in [0, 0.1) is 5.92 Å². The van der Waals surface area contributed by atoms with Crippen LogP contribution in [0.5, 0.6) is 0 Å². The van der Waals surface area contributed by atoms with E-state index in [9.17, 15) is 0 Å². The molecule has 0 fully saturated rings. The van der Waals surface area contributed by atoms with E-state index in [1.807, 2.05) is 0 Å². The molecule has 0 saturated heterocycles.